The fourth-order valence-electron chi connectivity index (χ4n) is 18.5. The Balaban J connectivity index is 0.777. The van der Waals surface area contributed by atoms with Gasteiger partial charge in [0.15, 0.2) is 37.6 Å². The summed E-state index contributed by atoms with van der Waals surface area (Å²) in [7, 11) is 0. The van der Waals surface area contributed by atoms with Crippen molar-refractivity contribution in [1.82, 2.24) is 0 Å². The van der Waals surface area contributed by atoms with Crippen molar-refractivity contribution in [3.63, 3.8) is 0 Å². The molecule has 6 saturated heterocycles. The van der Waals surface area contributed by atoms with E-state index in [9.17, 15) is 86.8 Å². The molecule has 17 N–H and O–H groups in total. The summed E-state index contributed by atoms with van der Waals surface area (Å²) in [4.78, 5) is 15.5. The number of rotatable bonds is 16. The van der Waals surface area contributed by atoms with Gasteiger partial charge in [-0.05, 0) is 104 Å². The zero-order valence-electron chi connectivity index (χ0n) is 53.1. The van der Waals surface area contributed by atoms with E-state index in [1.807, 2.05) is 6.92 Å². The second kappa shape index (κ2) is 26.0. The summed E-state index contributed by atoms with van der Waals surface area (Å²) in [5.74, 6) is -1.31. The van der Waals surface area contributed by atoms with Crippen molar-refractivity contribution in [1.29, 1.82) is 0 Å². The third-order valence-corrected chi connectivity index (χ3v) is 24.4. The van der Waals surface area contributed by atoms with Gasteiger partial charge in [0.25, 0.3) is 0 Å². The first-order valence-corrected chi connectivity index (χ1v) is 32.5. The molecule has 30 nitrogen and oxygen atoms in total. The number of hydrogen-bond donors (Lipinski definition) is 17. The monoisotopic (exact) mass is 1320 g/mol. The van der Waals surface area contributed by atoms with Gasteiger partial charge in [-0.15, -0.1) is 0 Å². The zero-order valence-corrected chi connectivity index (χ0v) is 53.1. The van der Waals surface area contributed by atoms with Gasteiger partial charge in [-0.25, -0.2) is 0 Å². The summed E-state index contributed by atoms with van der Waals surface area (Å²) in [5.41, 5.74) is -7.08. The Morgan fingerprint density at radius 2 is 1.11 bits per heavy atom. The quantitative estimate of drug-likeness (QED) is 0.0391. The largest absolute Gasteiger partial charge is 0.432 e. The maximum absolute atomic E-state index is 15.5. The fraction of sp³-hybridized carbons (Fsp3) is 0.952. The first-order valence-electron chi connectivity index (χ1n) is 32.5. The maximum Gasteiger partial charge on any atom is 0.315 e. The Morgan fingerprint density at radius 3 is 1.72 bits per heavy atom. The van der Waals surface area contributed by atoms with Gasteiger partial charge in [0.05, 0.1) is 76.6 Å². The average Bonchev–Trinajstić information content (AvgIpc) is 0.772. The zero-order chi connectivity index (χ0) is 67.0. The van der Waals surface area contributed by atoms with Crippen LogP contribution in [-0.2, 0) is 61.6 Å². The minimum Gasteiger partial charge on any atom is -0.432 e. The van der Waals surface area contributed by atoms with E-state index in [2.05, 4.69) is 40.7 Å². The van der Waals surface area contributed by atoms with Gasteiger partial charge in [0.1, 0.15) is 96.7 Å². The van der Waals surface area contributed by atoms with Gasteiger partial charge in [-0.3, -0.25) is 4.79 Å². The molecule has 0 bridgehead atoms. The molecule has 5 aliphatic carbocycles. The van der Waals surface area contributed by atoms with E-state index in [0.29, 0.717) is 51.4 Å². The normalized spacial score (nSPS) is 55.1. The van der Waals surface area contributed by atoms with Crippen LogP contribution in [0.1, 0.15) is 106 Å². The molecule has 0 spiro atoms. The Bertz CT molecular complexity index is 2620. The van der Waals surface area contributed by atoms with Crippen LogP contribution in [0.3, 0.4) is 0 Å². The summed E-state index contributed by atoms with van der Waals surface area (Å²) in [6.07, 6.45) is -31.6. The number of allylic oxidation sites excluding steroid dienone is 2. The van der Waals surface area contributed by atoms with Crippen LogP contribution < -0.4 is 0 Å². The summed E-state index contributed by atoms with van der Waals surface area (Å²) in [6, 6.07) is 0. The van der Waals surface area contributed by atoms with Crippen LogP contribution in [0.5, 0.6) is 0 Å². The number of ether oxygens (including phenoxy) is 12. The molecule has 6 heterocycles. The highest BCUT2D eigenvalue weighted by atomic mass is 16.8. The van der Waals surface area contributed by atoms with E-state index < -0.39 is 245 Å². The van der Waals surface area contributed by atoms with Crippen molar-refractivity contribution in [2.45, 2.75) is 265 Å². The minimum absolute atomic E-state index is 0.0761. The Kier molecular flexibility index (Phi) is 20.2. The molecule has 30 heteroatoms. The van der Waals surface area contributed by atoms with Crippen molar-refractivity contribution in [3.8, 4) is 0 Å². The van der Waals surface area contributed by atoms with Crippen molar-refractivity contribution >= 4 is 5.97 Å². The predicted octanol–water partition coefficient (Wildman–Crippen LogP) is -4.86. The summed E-state index contributed by atoms with van der Waals surface area (Å²) in [5, 5.41) is 186. The van der Waals surface area contributed by atoms with Gasteiger partial charge in [0.2, 0.25) is 6.29 Å². The number of aliphatic hydroxyl groups excluding tert-OH is 15. The summed E-state index contributed by atoms with van der Waals surface area (Å²) in [6.45, 7) is 9.43. The lowest BCUT2D eigenvalue weighted by Gasteiger charge is -2.72. The van der Waals surface area contributed by atoms with Gasteiger partial charge < -0.3 is 144 Å². The van der Waals surface area contributed by atoms with Crippen LogP contribution in [0.2, 0.25) is 0 Å². The molecule has 4 saturated carbocycles. The first-order chi connectivity index (χ1) is 43.1. The van der Waals surface area contributed by atoms with Crippen LogP contribution in [0.15, 0.2) is 11.6 Å². The maximum atomic E-state index is 15.5. The second-order valence-corrected chi connectivity index (χ2v) is 30.4. The number of fused-ring (bicyclic) bond motifs is 7. The summed E-state index contributed by atoms with van der Waals surface area (Å²) < 4.78 is 70.5. The second-order valence-electron chi connectivity index (χ2n) is 30.4. The number of esters is 1. The van der Waals surface area contributed by atoms with Crippen LogP contribution >= 0.6 is 0 Å². The van der Waals surface area contributed by atoms with Crippen LogP contribution in [0, 0.1) is 50.2 Å². The number of carbonyl (C=O) groups is 1. The Labute approximate surface area is 532 Å². The third kappa shape index (κ3) is 11.7. The van der Waals surface area contributed by atoms with Gasteiger partial charge in [0, 0.05) is 5.41 Å². The van der Waals surface area contributed by atoms with Crippen LogP contribution in [0.25, 0.3) is 0 Å². The highest BCUT2D eigenvalue weighted by Crippen LogP contribution is 2.76. The van der Waals surface area contributed by atoms with Crippen molar-refractivity contribution < 1.29 is 148 Å². The van der Waals surface area contributed by atoms with Crippen LogP contribution in [0.4, 0.5) is 0 Å². The standard InChI is InChI=1S/C62H100O30/c1-26-41(87-48-40(75)42(31(69)20-81-48)88-52-45(76)61(79,22-65)24-83-52)36(71)38(73)49(85-26)90-44-35(70)30(68)19-82-51(44)92-54(78)60-14-12-55(2,3)16-28(60)27-8-9-34-56(4)17-29(67)47(57(5,21-64)33(56)10-11-59(34,7)58(27,6)13-15-60)91-50-39(74)37(72)43(32(18-63)86-50)89-53-46(77)62(80,23-66)25-84-53/h8,26,28-53,63-77,79-80H,9-25H2,1-7H3/t26-,28-,29-,30-,31+,32+,33+,34+,35-,36-,37+,38+,39+,40+,41-,42-,43+,44+,45-,46-,47-,48-,49-,50-,51+,52-,53-,56-,57-,58+,59+,60-,61+,62+/m0/s1. The molecule has 11 aliphatic rings. The topological polar surface area (TPSA) is 472 Å². The lowest BCUT2D eigenvalue weighted by molar-refractivity contribution is -0.372. The van der Waals surface area contributed by atoms with Crippen molar-refractivity contribution in [3.05, 3.63) is 11.6 Å². The van der Waals surface area contributed by atoms with Crippen LogP contribution in [-0.4, -0.2) is 304 Å². The molecule has 0 aromatic heterocycles. The minimum atomic E-state index is -2.07. The van der Waals surface area contributed by atoms with Gasteiger partial charge >= 0.3 is 5.97 Å². The molecular formula is C62H100O30. The molecule has 6 aliphatic heterocycles. The lowest BCUT2D eigenvalue weighted by Crippen LogP contribution is -2.69. The molecule has 0 radical (unpaired) electrons. The molecule has 0 unspecified atom stereocenters. The van der Waals surface area contributed by atoms with E-state index in [-0.39, 0.29) is 29.6 Å². The molecule has 92 heavy (non-hydrogen) atoms. The number of carbonyl (C=O) groups excluding carboxylic acids is 1. The smallest absolute Gasteiger partial charge is 0.315 e. The molecule has 0 aromatic carbocycles. The van der Waals surface area contributed by atoms with Crippen molar-refractivity contribution in [2.24, 2.45) is 50.2 Å². The first kappa shape index (κ1) is 71.4. The number of aliphatic hydroxyl groups is 17. The Morgan fingerprint density at radius 1 is 0.543 bits per heavy atom. The van der Waals surface area contributed by atoms with Gasteiger partial charge in [-0.1, -0.05) is 53.2 Å². The fourth-order valence-corrected chi connectivity index (χ4v) is 18.5. The molecule has 11 rings (SSSR count). The SMILES string of the molecule is C[C@@H]1O[C@@H](O[C@H]2[C@@H](OC(=O)[C@]34CCC(C)(C)C[C@H]3C3=CC[C@@H]5[C@@]6(C)C[C@H](O)[C@H](O[C@@H]7O[C@H](CO)[C@@H](O[C@@H]8OC[C@](O)(CO)[C@H]8O)[C@H](O)[C@H]7O)[C@@](C)(CO)[C@@H]6CC[C@@]5(C)[C@]3(C)CC4)OC[C@H](O)[C@@H]2O)[C@H](O)[C@H](O)[C@H]1O[C@@H]1OC[C@@H](O)[C@H](O[C@@H]2OC[C@](O)(CO)[C@H]2O)[C@H]1O. The van der Waals surface area contributed by atoms with E-state index in [4.69, 9.17) is 56.8 Å². The highest BCUT2D eigenvalue weighted by molar-refractivity contribution is 5.79. The average molecular weight is 1330 g/mol. The van der Waals surface area contributed by atoms with Crippen molar-refractivity contribution in [2.75, 3.05) is 52.9 Å². The molecular weight excluding hydrogens is 1220 g/mol. The lowest BCUT2D eigenvalue weighted by atomic mass is 9.33. The van der Waals surface area contributed by atoms with E-state index in [0.717, 1.165) is 5.57 Å². The molecule has 0 amide bonds. The third-order valence-electron chi connectivity index (χ3n) is 24.4. The highest BCUT2D eigenvalue weighted by Gasteiger charge is 2.72. The molecule has 0 aromatic rings. The molecule has 10 fully saturated rings. The van der Waals surface area contributed by atoms with Gasteiger partial charge in [-0.2, -0.15) is 0 Å². The Hall–Kier alpha value is -1.91. The van der Waals surface area contributed by atoms with E-state index in [1.54, 1.807) is 0 Å². The molecule has 34 atom stereocenters. The number of hydrogen-bond acceptors (Lipinski definition) is 30. The molecule has 528 valence electrons. The predicted molar refractivity (Wildman–Crippen MR) is 305 cm³/mol. The van der Waals surface area contributed by atoms with E-state index >= 15 is 4.79 Å². The summed E-state index contributed by atoms with van der Waals surface area (Å²) >= 11 is 0. The van der Waals surface area contributed by atoms with E-state index in [1.165, 1.54) is 6.92 Å².